The third-order valence-electron chi connectivity index (χ3n) is 3.54. The van der Waals surface area contributed by atoms with Gasteiger partial charge in [-0.1, -0.05) is 19.8 Å². The molecule has 1 saturated carbocycles. The van der Waals surface area contributed by atoms with Crippen molar-refractivity contribution in [3.63, 3.8) is 0 Å². The Morgan fingerprint density at radius 3 is 2.88 bits per heavy atom. The SMILES string of the molecule is CC(CCCN)c1n[nH]c(C2CCCC2)n1. The summed E-state index contributed by atoms with van der Waals surface area (Å²) in [7, 11) is 0. The Labute approximate surface area is 97.0 Å². The van der Waals surface area contributed by atoms with Gasteiger partial charge in [-0.3, -0.25) is 5.10 Å². The predicted molar refractivity (Wildman–Crippen MR) is 64.3 cm³/mol. The van der Waals surface area contributed by atoms with Gasteiger partial charge >= 0.3 is 0 Å². The van der Waals surface area contributed by atoms with Crippen molar-refractivity contribution in [2.45, 2.75) is 57.3 Å². The maximum atomic E-state index is 5.51. The van der Waals surface area contributed by atoms with Crippen LogP contribution >= 0.6 is 0 Å². The van der Waals surface area contributed by atoms with Gasteiger partial charge in [0.15, 0.2) is 5.82 Å². The lowest BCUT2D eigenvalue weighted by Crippen LogP contribution is -2.03. The van der Waals surface area contributed by atoms with Crippen LogP contribution in [0.15, 0.2) is 0 Å². The molecule has 4 nitrogen and oxygen atoms in total. The van der Waals surface area contributed by atoms with E-state index in [9.17, 15) is 0 Å². The molecule has 90 valence electrons. The Kier molecular flexibility index (Phi) is 3.93. The highest BCUT2D eigenvalue weighted by Crippen LogP contribution is 2.32. The number of nitrogens with zero attached hydrogens (tertiary/aromatic N) is 2. The minimum Gasteiger partial charge on any atom is -0.330 e. The van der Waals surface area contributed by atoms with Crippen LogP contribution in [0.2, 0.25) is 0 Å². The topological polar surface area (TPSA) is 67.6 Å². The number of rotatable bonds is 5. The standard InChI is InChI=1S/C12H22N4/c1-9(5-4-8-13)11-14-12(16-15-11)10-6-2-3-7-10/h9-10H,2-8,13H2,1H3,(H,14,15,16). The molecule has 1 heterocycles. The van der Waals surface area contributed by atoms with Crippen molar-refractivity contribution < 1.29 is 0 Å². The van der Waals surface area contributed by atoms with Gasteiger partial charge in [0.1, 0.15) is 5.82 Å². The summed E-state index contributed by atoms with van der Waals surface area (Å²) >= 11 is 0. The summed E-state index contributed by atoms with van der Waals surface area (Å²) in [6, 6.07) is 0. The molecule has 0 amide bonds. The minimum atomic E-state index is 0.426. The fourth-order valence-corrected chi connectivity index (χ4v) is 2.44. The molecule has 2 rings (SSSR count). The normalized spacial score (nSPS) is 19.1. The summed E-state index contributed by atoms with van der Waals surface area (Å²) in [5.41, 5.74) is 5.51. The summed E-state index contributed by atoms with van der Waals surface area (Å²) in [5, 5.41) is 7.45. The van der Waals surface area contributed by atoms with Gasteiger partial charge in [-0.25, -0.2) is 4.98 Å². The molecule has 1 aromatic heterocycles. The molecule has 0 spiro atoms. The molecule has 0 aromatic carbocycles. The molecule has 1 aromatic rings. The van der Waals surface area contributed by atoms with E-state index in [0.29, 0.717) is 11.8 Å². The molecular formula is C12H22N4. The van der Waals surface area contributed by atoms with E-state index in [1.165, 1.54) is 25.7 Å². The first-order valence-electron chi connectivity index (χ1n) is 6.43. The predicted octanol–water partition coefficient (Wildman–Crippen LogP) is 2.30. The molecule has 1 atom stereocenters. The highest BCUT2D eigenvalue weighted by atomic mass is 15.2. The smallest absolute Gasteiger partial charge is 0.153 e. The fraction of sp³-hybridized carbons (Fsp3) is 0.833. The number of hydrogen-bond acceptors (Lipinski definition) is 3. The van der Waals surface area contributed by atoms with E-state index in [0.717, 1.165) is 31.0 Å². The molecule has 1 unspecified atom stereocenters. The van der Waals surface area contributed by atoms with Crippen LogP contribution < -0.4 is 5.73 Å². The Balaban J connectivity index is 1.95. The van der Waals surface area contributed by atoms with Gasteiger partial charge in [0, 0.05) is 11.8 Å². The lowest BCUT2D eigenvalue weighted by atomic mass is 10.0. The lowest BCUT2D eigenvalue weighted by Gasteiger charge is -2.05. The van der Waals surface area contributed by atoms with Crippen LogP contribution in [0, 0.1) is 0 Å². The maximum absolute atomic E-state index is 5.51. The van der Waals surface area contributed by atoms with Gasteiger partial charge in [-0.05, 0) is 32.2 Å². The number of hydrogen-bond donors (Lipinski definition) is 2. The van der Waals surface area contributed by atoms with E-state index >= 15 is 0 Å². The van der Waals surface area contributed by atoms with E-state index in [1.54, 1.807) is 0 Å². The summed E-state index contributed by atoms with van der Waals surface area (Å²) in [6.07, 6.45) is 7.34. The summed E-state index contributed by atoms with van der Waals surface area (Å²) in [5.74, 6) is 3.13. The molecule has 1 aliphatic rings. The van der Waals surface area contributed by atoms with Crippen LogP contribution in [0.3, 0.4) is 0 Å². The van der Waals surface area contributed by atoms with Gasteiger partial charge in [-0.15, -0.1) is 0 Å². The van der Waals surface area contributed by atoms with Gasteiger partial charge in [0.25, 0.3) is 0 Å². The Bertz CT molecular complexity index is 315. The molecule has 0 saturated heterocycles. The van der Waals surface area contributed by atoms with Gasteiger partial charge < -0.3 is 5.73 Å². The zero-order valence-corrected chi connectivity index (χ0v) is 10.1. The molecule has 0 aliphatic heterocycles. The van der Waals surface area contributed by atoms with Crippen molar-refractivity contribution in [1.82, 2.24) is 15.2 Å². The van der Waals surface area contributed by atoms with Gasteiger partial charge in [0.2, 0.25) is 0 Å². The van der Waals surface area contributed by atoms with Crippen molar-refractivity contribution in [3.8, 4) is 0 Å². The second-order valence-electron chi connectivity index (χ2n) is 4.89. The molecule has 1 fully saturated rings. The van der Waals surface area contributed by atoms with Crippen molar-refractivity contribution in [2.75, 3.05) is 6.54 Å². The number of H-pyrrole nitrogens is 1. The van der Waals surface area contributed by atoms with Crippen molar-refractivity contribution in [1.29, 1.82) is 0 Å². The van der Waals surface area contributed by atoms with Crippen molar-refractivity contribution >= 4 is 0 Å². The second-order valence-corrected chi connectivity index (χ2v) is 4.89. The monoisotopic (exact) mass is 222 g/mol. The van der Waals surface area contributed by atoms with Crippen LogP contribution in [0.5, 0.6) is 0 Å². The van der Waals surface area contributed by atoms with E-state index in [2.05, 4.69) is 22.1 Å². The van der Waals surface area contributed by atoms with E-state index in [4.69, 9.17) is 5.73 Å². The third-order valence-corrected chi connectivity index (χ3v) is 3.54. The van der Waals surface area contributed by atoms with Crippen LogP contribution in [0.4, 0.5) is 0 Å². The molecule has 3 N–H and O–H groups in total. The third kappa shape index (κ3) is 2.61. The number of aromatic amines is 1. The quantitative estimate of drug-likeness (QED) is 0.803. The summed E-state index contributed by atoms with van der Waals surface area (Å²) in [4.78, 5) is 4.64. The first-order chi connectivity index (χ1) is 7.81. The largest absolute Gasteiger partial charge is 0.330 e. The highest BCUT2D eigenvalue weighted by Gasteiger charge is 2.21. The molecular weight excluding hydrogens is 200 g/mol. The van der Waals surface area contributed by atoms with E-state index in [1.807, 2.05) is 0 Å². The first kappa shape index (κ1) is 11.6. The van der Waals surface area contributed by atoms with Crippen LogP contribution in [0.25, 0.3) is 0 Å². The first-order valence-corrected chi connectivity index (χ1v) is 6.43. The average molecular weight is 222 g/mol. The average Bonchev–Trinajstić information content (AvgIpc) is 2.94. The minimum absolute atomic E-state index is 0.426. The number of nitrogens with two attached hydrogens (primary N) is 1. The van der Waals surface area contributed by atoms with E-state index in [-0.39, 0.29) is 0 Å². The molecule has 16 heavy (non-hydrogen) atoms. The maximum Gasteiger partial charge on any atom is 0.153 e. The number of aromatic nitrogens is 3. The van der Waals surface area contributed by atoms with Crippen molar-refractivity contribution in [3.05, 3.63) is 11.6 Å². The Morgan fingerprint density at radius 2 is 2.19 bits per heavy atom. The molecule has 4 heteroatoms. The summed E-state index contributed by atoms with van der Waals surface area (Å²) in [6.45, 7) is 2.93. The molecule has 1 aliphatic carbocycles. The zero-order valence-electron chi connectivity index (χ0n) is 10.1. The molecule has 0 radical (unpaired) electrons. The zero-order chi connectivity index (χ0) is 11.4. The van der Waals surface area contributed by atoms with Crippen LogP contribution in [-0.4, -0.2) is 21.7 Å². The highest BCUT2D eigenvalue weighted by molar-refractivity contribution is 5.02. The van der Waals surface area contributed by atoms with Gasteiger partial charge in [-0.2, -0.15) is 5.10 Å². The van der Waals surface area contributed by atoms with Crippen LogP contribution in [-0.2, 0) is 0 Å². The molecule has 0 bridgehead atoms. The second kappa shape index (κ2) is 5.43. The van der Waals surface area contributed by atoms with E-state index < -0.39 is 0 Å². The van der Waals surface area contributed by atoms with Crippen LogP contribution in [0.1, 0.15) is 68.9 Å². The lowest BCUT2D eigenvalue weighted by molar-refractivity contribution is 0.609. The van der Waals surface area contributed by atoms with Gasteiger partial charge in [0.05, 0.1) is 0 Å². The fourth-order valence-electron chi connectivity index (χ4n) is 2.44. The summed E-state index contributed by atoms with van der Waals surface area (Å²) < 4.78 is 0. The Morgan fingerprint density at radius 1 is 1.44 bits per heavy atom. The van der Waals surface area contributed by atoms with Crippen molar-refractivity contribution in [2.24, 2.45) is 5.73 Å². The Hall–Kier alpha value is -0.900. The number of nitrogens with one attached hydrogen (secondary N) is 1.